The summed E-state index contributed by atoms with van der Waals surface area (Å²) in [5.74, 6) is -0.182. The third-order valence-electron chi connectivity index (χ3n) is 3.53. The van der Waals surface area contributed by atoms with Crippen molar-refractivity contribution in [2.45, 2.75) is 18.9 Å². The minimum atomic E-state index is -0.337. The van der Waals surface area contributed by atoms with Crippen LogP contribution in [0.25, 0.3) is 0 Å². The van der Waals surface area contributed by atoms with Crippen LogP contribution >= 0.6 is 11.6 Å². The van der Waals surface area contributed by atoms with Crippen LogP contribution in [0.15, 0.2) is 36.9 Å². The van der Waals surface area contributed by atoms with Crippen molar-refractivity contribution in [2.75, 3.05) is 19.7 Å². The molecule has 1 aliphatic rings. The molecule has 2 amide bonds. The van der Waals surface area contributed by atoms with Gasteiger partial charge >= 0.3 is 6.09 Å². The topological polar surface area (TPSA) is 58.6 Å². The number of rotatable bonds is 4. The second kappa shape index (κ2) is 7.84. The maximum atomic E-state index is 12.2. The molecule has 0 spiro atoms. The molecule has 0 radical (unpaired) electrons. The van der Waals surface area contributed by atoms with E-state index < -0.39 is 0 Å². The number of ether oxygens (including phenoxy) is 1. The summed E-state index contributed by atoms with van der Waals surface area (Å²) in [4.78, 5) is 25.5. The maximum absolute atomic E-state index is 12.2. The fourth-order valence-electron chi connectivity index (χ4n) is 2.34. The molecule has 2 rings (SSSR count). The van der Waals surface area contributed by atoms with Gasteiger partial charge < -0.3 is 15.0 Å². The second-order valence-corrected chi connectivity index (χ2v) is 5.49. The molecule has 1 aromatic carbocycles. The van der Waals surface area contributed by atoms with E-state index in [2.05, 4.69) is 11.9 Å². The Morgan fingerprint density at radius 2 is 2.05 bits per heavy atom. The van der Waals surface area contributed by atoms with Crippen molar-refractivity contribution in [3.63, 3.8) is 0 Å². The van der Waals surface area contributed by atoms with Crippen LogP contribution in [0.1, 0.15) is 23.2 Å². The van der Waals surface area contributed by atoms with Crippen LogP contribution in [-0.2, 0) is 4.74 Å². The Hall–Kier alpha value is -2.01. The zero-order chi connectivity index (χ0) is 15.9. The molecule has 0 unspecified atom stereocenters. The summed E-state index contributed by atoms with van der Waals surface area (Å²) in [6.45, 7) is 4.83. The fraction of sp³-hybridized carbons (Fsp3) is 0.375. The smallest absolute Gasteiger partial charge is 0.410 e. The van der Waals surface area contributed by atoms with Crippen molar-refractivity contribution in [2.24, 2.45) is 0 Å². The molecule has 118 valence electrons. The molecule has 1 aromatic rings. The fourth-order valence-corrected chi connectivity index (χ4v) is 2.56. The van der Waals surface area contributed by atoms with E-state index in [1.54, 1.807) is 29.2 Å². The summed E-state index contributed by atoms with van der Waals surface area (Å²) in [5.41, 5.74) is 0.469. The van der Waals surface area contributed by atoms with Gasteiger partial charge in [0.25, 0.3) is 5.91 Å². The predicted octanol–water partition coefficient (Wildman–Crippen LogP) is 2.86. The van der Waals surface area contributed by atoms with Crippen LogP contribution in [-0.4, -0.2) is 42.6 Å². The SMILES string of the molecule is C=CCOC(=O)N1CCC(NC(=O)c2ccccc2Cl)CC1. The number of amides is 2. The van der Waals surface area contributed by atoms with Crippen molar-refractivity contribution in [3.05, 3.63) is 47.5 Å². The maximum Gasteiger partial charge on any atom is 0.410 e. The zero-order valence-electron chi connectivity index (χ0n) is 12.3. The minimum absolute atomic E-state index is 0.0345. The number of nitrogens with zero attached hydrogens (tertiary/aromatic N) is 1. The van der Waals surface area contributed by atoms with E-state index in [1.807, 2.05) is 0 Å². The summed E-state index contributed by atoms with van der Waals surface area (Å²) in [6.07, 6.45) is 2.59. The van der Waals surface area contributed by atoms with Crippen LogP contribution in [0.2, 0.25) is 5.02 Å². The number of benzene rings is 1. The molecule has 5 nitrogen and oxygen atoms in total. The van der Waals surface area contributed by atoms with Crippen molar-refractivity contribution in [1.29, 1.82) is 0 Å². The Labute approximate surface area is 134 Å². The number of hydrogen-bond donors (Lipinski definition) is 1. The summed E-state index contributed by atoms with van der Waals surface area (Å²) in [5, 5.41) is 3.40. The first-order chi connectivity index (χ1) is 10.6. The molecule has 1 fully saturated rings. The molecule has 0 aromatic heterocycles. The summed E-state index contributed by atoms with van der Waals surface area (Å²) >= 11 is 6.01. The number of carbonyl (C=O) groups is 2. The lowest BCUT2D eigenvalue weighted by Crippen LogP contribution is -2.46. The van der Waals surface area contributed by atoms with E-state index in [9.17, 15) is 9.59 Å². The van der Waals surface area contributed by atoms with Crippen molar-refractivity contribution in [3.8, 4) is 0 Å². The van der Waals surface area contributed by atoms with Gasteiger partial charge in [0.15, 0.2) is 0 Å². The zero-order valence-corrected chi connectivity index (χ0v) is 13.0. The highest BCUT2D eigenvalue weighted by Gasteiger charge is 2.25. The van der Waals surface area contributed by atoms with Crippen molar-refractivity contribution < 1.29 is 14.3 Å². The monoisotopic (exact) mass is 322 g/mol. The summed E-state index contributed by atoms with van der Waals surface area (Å²) in [7, 11) is 0. The van der Waals surface area contributed by atoms with Gasteiger partial charge in [-0.05, 0) is 25.0 Å². The van der Waals surface area contributed by atoms with Gasteiger partial charge in [0.05, 0.1) is 10.6 Å². The number of piperidine rings is 1. The standard InChI is InChI=1S/C16H19ClN2O3/c1-2-11-22-16(21)19-9-7-12(8-10-19)18-15(20)13-5-3-4-6-14(13)17/h2-6,12H,1,7-11H2,(H,18,20). The van der Waals surface area contributed by atoms with Gasteiger partial charge in [0.2, 0.25) is 0 Å². The van der Waals surface area contributed by atoms with Crippen molar-refractivity contribution >= 4 is 23.6 Å². The molecular formula is C16H19ClN2O3. The lowest BCUT2D eigenvalue weighted by atomic mass is 10.0. The predicted molar refractivity (Wildman–Crippen MR) is 85.1 cm³/mol. The first-order valence-electron chi connectivity index (χ1n) is 7.20. The lowest BCUT2D eigenvalue weighted by molar-refractivity contribution is 0.0874. The Kier molecular flexibility index (Phi) is 5.83. The van der Waals surface area contributed by atoms with Gasteiger partial charge in [-0.2, -0.15) is 0 Å². The normalized spacial score (nSPS) is 15.2. The van der Waals surface area contributed by atoms with Gasteiger partial charge in [-0.25, -0.2) is 4.79 Å². The number of hydrogen-bond acceptors (Lipinski definition) is 3. The molecule has 22 heavy (non-hydrogen) atoms. The molecule has 1 heterocycles. The third kappa shape index (κ3) is 4.24. The Bertz CT molecular complexity index is 554. The molecule has 1 saturated heterocycles. The molecule has 0 aliphatic carbocycles. The average Bonchev–Trinajstić information content (AvgIpc) is 2.53. The number of carbonyl (C=O) groups excluding carboxylic acids is 2. The number of halogens is 1. The van der Waals surface area contributed by atoms with Gasteiger partial charge in [0.1, 0.15) is 6.61 Å². The van der Waals surface area contributed by atoms with Crippen LogP contribution < -0.4 is 5.32 Å². The van der Waals surface area contributed by atoms with Gasteiger partial charge in [-0.1, -0.05) is 36.4 Å². The van der Waals surface area contributed by atoms with E-state index in [-0.39, 0.29) is 24.6 Å². The quantitative estimate of drug-likeness (QED) is 0.867. The van der Waals surface area contributed by atoms with Crippen LogP contribution in [0.4, 0.5) is 4.79 Å². The Morgan fingerprint density at radius 3 is 2.68 bits per heavy atom. The molecule has 0 saturated carbocycles. The molecule has 0 bridgehead atoms. The van der Waals surface area contributed by atoms with Gasteiger partial charge in [0, 0.05) is 19.1 Å². The largest absolute Gasteiger partial charge is 0.445 e. The number of likely N-dealkylation sites (tertiary alicyclic amines) is 1. The number of nitrogens with one attached hydrogen (secondary N) is 1. The van der Waals surface area contributed by atoms with Crippen LogP contribution in [0.3, 0.4) is 0 Å². The highest BCUT2D eigenvalue weighted by molar-refractivity contribution is 6.33. The average molecular weight is 323 g/mol. The molecule has 1 aliphatic heterocycles. The highest BCUT2D eigenvalue weighted by Crippen LogP contribution is 2.17. The first-order valence-corrected chi connectivity index (χ1v) is 7.57. The van der Waals surface area contributed by atoms with Crippen LogP contribution in [0, 0.1) is 0 Å². The van der Waals surface area contributed by atoms with E-state index in [0.29, 0.717) is 36.5 Å². The molecule has 1 N–H and O–H groups in total. The highest BCUT2D eigenvalue weighted by atomic mass is 35.5. The van der Waals surface area contributed by atoms with Crippen LogP contribution in [0.5, 0.6) is 0 Å². The molecule has 0 atom stereocenters. The van der Waals surface area contributed by atoms with Gasteiger partial charge in [-0.15, -0.1) is 0 Å². The first kappa shape index (κ1) is 16.4. The van der Waals surface area contributed by atoms with Crippen molar-refractivity contribution in [1.82, 2.24) is 10.2 Å². The molecule has 6 heteroatoms. The Balaban J connectivity index is 1.82. The van der Waals surface area contributed by atoms with E-state index >= 15 is 0 Å². The summed E-state index contributed by atoms with van der Waals surface area (Å²) in [6, 6.07) is 6.98. The van der Waals surface area contributed by atoms with E-state index in [0.717, 1.165) is 0 Å². The lowest BCUT2D eigenvalue weighted by Gasteiger charge is -2.31. The molecular weight excluding hydrogens is 304 g/mol. The van der Waals surface area contributed by atoms with E-state index in [1.165, 1.54) is 6.08 Å². The second-order valence-electron chi connectivity index (χ2n) is 5.08. The minimum Gasteiger partial charge on any atom is -0.445 e. The van der Waals surface area contributed by atoms with Gasteiger partial charge in [-0.3, -0.25) is 4.79 Å². The van der Waals surface area contributed by atoms with E-state index in [4.69, 9.17) is 16.3 Å². The Morgan fingerprint density at radius 1 is 1.36 bits per heavy atom. The summed E-state index contributed by atoms with van der Waals surface area (Å²) < 4.78 is 5.00. The third-order valence-corrected chi connectivity index (χ3v) is 3.86.